The second kappa shape index (κ2) is 10.1. The van der Waals surface area contributed by atoms with Gasteiger partial charge in [0.05, 0.1) is 29.9 Å². The lowest BCUT2D eigenvalue weighted by molar-refractivity contribution is -0.130. The minimum absolute atomic E-state index is 0.130. The zero-order valence-corrected chi connectivity index (χ0v) is 19.3. The largest absolute Gasteiger partial charge is 0.496 e. The van der Waals surface area contributed by atoms with Gasteiger partial charge in [0, 0.05) is 43.0 Å². The summed E-state index contributed by atoms with van der Waals surface area (Å²) >= 11 is 12.3. The maximum Gasteiger partial charge on any atom is 0.255 e. The first-order chi connectivity index (χ1) is 16.0. The van der Waals surface area contributed by atoms with Crippen molar-refractivity contribution in [1.82, 2.24) is 30.4 Å². The minimum atomic E-state index is -0.467. The SMILES string of the molecule is COc1cc(-n2cnnn2)c(Cl)cc1C(=O)NCC(=O)N1CCN(c2ccc(Cl)cc2)CC1. The van der Waals surface area contributed by atoms with Crippen molar-refractivity contribution in [1.29, 1.82) is 0 Å². The molecular formula is C21H21Cl2N7O3. The highest BCUT2D eigenvalue weighted by Gasteiger charge is 2.23. The molecule has 0 bridgehead atoms. The molecule has 10 nitrogen and oxygen atoms in total. The van der Waals surface area contributed by atoms with Gasteiger partial charge in [0.1, 0.15) is 12.1 Å². The number of carbonyl (C=O) groups is 2. The molecule has 1 fully saturated rings. The third-order valence-corrected chi connectivity index (χ3v) is 5.89. The van der Waals surface area contributed by atoms with E-state index in [0.29, 0.717) is 36.9 Å². The van der Waals surface area contributed by atoms with Gasteiger partial charge in [-0.15, -0.1) is 5.10 Å². The molecular weight excluding hydrogens is 469 g/mol. The van der Waals surface area contributed by atoms with Crippen LogP contribution in [0.5, 0.6) is 5.75 Å². The van der Waals surface area contributed by atoms with E-state index < -0.39 is 5.91 Å². The van der Waals surface area contributed by atoms with Crippen molar-refractivity contribution in [3.05, 3.63) is 58.3 Å². The van der Waals surface area contributed by atoms with Crippen LogP contribution in [0.15, 0.2) is 42.7 Å². The van der Waals surface area contributed by atoms with E-state index in [1.807, 2.05) is 24.3 Å². The number of ether oxygens (including phenoxy) is 1. The Morgan fingerprint density at radius 2 is 1.82 bits per heavy atom. The standard InChI is InChI=1S/C21H21Cl2N7O3/c1-33-19-11-18(30-13-25-26-27-30)17(23)10-16(19)21(32)24-12-20(31)29-8-6-28(7-9-29)15-4-2-14(22)3-5-15/h2-5,10-11,13H,6-9,12H2,1H3,(H,24,32). The summed E-state index contributed by atoms with van der Waals surface area (Å²) in [5, 5.41) is 14.5. The van der Waals surface area contributed by atoms with Gasteiger partial charge in [0.15, 0.2) is 0 Å². The molecule has 0 atom stereocenters. The fourth-order valence-electron chi connectivity index (χ4n) is 3.57. The molecule has 172 valence electrons. The molecule has 1 aromatic heterocycles. The average molecular weight is 490 g/mol. The number of benzene rings is 2. The number of nitrogens with one attached hydrogen (secondary N) is 1. The normalized spacial score (nSPS) is 13.7. The highest BCUT2D eigenvalue weighted by atomic mass is 35.5. The van der Waals surface area contributed by atoms with Crippen molar-refractivity contribution < 1.29 is 14.3 Å². The number of anilines is 1. The molecule has 2 heterocycles. The highest BCUT2D eigenvalue weighted by molar-refractivity contribution is 6.33. The van der Waals surface area contributed by atoms with Crippen LogP contribution in [0.1, 0.15) is 10.4 Å². The minimum Gasteiger partial charge on any atom is -0.496 e. The van der Waals surface area contributed by atoms with Crippen LogP contribution in [0.3, 0.4) is 0 Å². The van der Waals surface area contributed by atoms with Gasteiger partial charge in [-0.25, -0.2) is 0 Å². The Morgan fingerprint density at radius 1 is 1.09 bits per heavy atom. The summed E-state index contributed by atoms with van der Waals surface area (Å²) < 4.78 is 6.69. The zero-order valence-electron chi connectivity index (χ0n) is 17.7. The molecule has 33 heavy (non-hydrogen) atoms. The summed E-state index contributed by atoms with van der Waals surface area (Å²) in [6.07, 6.45) is 1.38. The molecule has 0 aliphatic carbocycles. The van der Waals surface area contributed by atoms with E-state index in [0.717, 1.165) is 5.69 Å². The first kappa shape index (κ1) is 22.8. The number of hydrogen-bond acceptors (Lipinski definition) is 7. The zero-order chi connectivity index (χ0) is 23.4. The predicted molar refractivity (Wildman–Crippen MR) is 123 cm³/mol. The molecule has 0 unspecified atom stereocenters. The third kappa shape index (κ3) is 5.18. The molecule has 4 rings (SSSR count). The van der Waals surface area contributed by atoms with Crippen LogP contribution >= 0.6 is 23.2 Å². The number of hydrogen-bond donors (Lipinski definition) is 1. The van der Waals surface area contributed by atoms with Crippen LogP contribution < -0.4 is 15.0 Å². The first-order valence-corrected chi connectivity index (χ1v) is 10.9. The van der Waals surface area contributed by atoms with Crippen molar-refractivity contribution in [3.63, 3.8) is 0 Å². The second-order valence-electron chi connectivity index (χ2n) is 7.29. The number of piperazine rings is 1. The molecule has 0 spiro atoms. The molecule has 1 saturated heterocycles. The summed E-state index contributed by atoms with van der Waals surface area (Å²) in [7, 11) is 1.44. The Kier molecular flexibility index (Phi) is 6.95. The Balaban J connectivity index is 1.34. The van der Waals surface area contributed by atoms with Crippen LogP contribution in [-0.4, -0.2) is 76.8 Å². The van der Waals surface area contributed by atoms with Crippen molar-refractivity contribution in [2.75, 3.05) is 44.7 Å². The quantitative estimate of drug-likeness (QED) is 0.564. The lowest BCUT2D eigenvalue weighted by Gasteiger charge is -2.36. The Morgan fingerprint density at radius 3 is 2.45 bits per heavy atom. The van der Waals surface area contributed by atoms with Gasteiger partial charge in [-0.2, -0.15) is 4.68 Å². The molecule has 2 amide bonds. The fourth-order valence-corrected chi connectivity index (χ4v) is 3.94. The topological polar surface area (TPSA) is 105 Å². The highest BCUT2D eigenvalue weighted by Crippen LogP contribution is 2.29. The molecule has 0 radical (unpaired) electrons. The van der Waals surface area contributed by atoms with E-state index in [1.54, 1.807) is 11.0 Å². The van der Waals surface area contributed by atoms with Gasteiger partial charge in [0.25, 0.3) is 5.91 Å². The number of rotatable bonds is 6. The molecule has 1 aliphatic rings. The predicted octanol–water partition coefficient (Wildman–Crippen LogP) is 2.06. The van der Waals surface area contributed by atoms with Crippen molar-refractivity contribution >= 4 is 40.7 Å². The van der Waals surface area contributed by atoms with Crippen molar-refractivity contribution in [3.8, 4) is 11.4 Å². The van der Waals surface area contributed by atoms with E-state index in [1.165, 1.54) is 24.2 Å². The molecule has 0 saturated carbocycles. The number of amides is 2. The average Bonchev–Trinajstić information content (AvgIpc) is 3.37. The van der Waals surface area contributed by atoms with E-state index in [-0.39, 0.29) is 28.8 Å². The molecule has 1 aliphatic heterocycles. The number of tetrazole rings is 1. The van der Waals surface area contributed by atoms with E-state index in [9.17, 15) is 9.59 Å². The number of methoxy groups -OCH3 is 1. The number of aromatic nitrogens is 4. The van der Waals surface area contributed by atoms with Crippen LogP contribution in [0.2, 0.25) is 10.0 Å². The summed E-state index contributed by atoms with van der Waals surface area (Å²) in [5.74, 6) is -0.342. The van der Waals surface area contributed by atoms with Gasteiger partial charge >= 0.3 is 0 Å². The second-order valence-corrected chi connectivity index (χ2v) is 8.13. The van der Waals surface area contributed by atoms with Crippen molar-refractivity contribution in [2.24, 2.45) is 0 Å². The van der Waals surface area contributed by atoms with Gasteiger partial charge in [0.2, 0.25) is 5.91 Å². The van der Waals surface area contributed by atoms with E-state index >= 15 is 0 Å². The Bertz CT molecular complexity index is 1130. The molecule has 3 aromatic rings. The Labute approximate surface area is 200 Å². The van der Waals surface area contributed by atoms with Gasteiger partial charge in [-0.3, -0.25) is 9.59 Å². The van der Waals surface area contributed by atoms with Crippen LogP contribution in [0, 0.1) is 0 Å². The molecule has 12 heteroatoms. The number of nitrogens with zero attached hydrogens (tertiary/aromatic N) is 6. The summed E-state index contributed by atoms with van der Waals surface area (Å²) in [6, 6.07) is 10.6. The van der Waals surface area contributed by atoms with Gasteiger partial charge < -0.3 is 19.9 Å². The van der Waals surface area contributed by atoms with Gasteiger partial charge in [-0.1, -0.05) is 23.2 Å². The molecule has 2 aromatic carbocycles. The number of carbonyl (C=O) groups excluding carboxylic acids is 2. The van der Waals surface area contributed by atoms with E-state index in [4.69, 9.17) is 27.9 Å². The lowest BCUT2D eigenvalue weighted by Crippen LogP contribution is -2.51. The summed E-state index contributed by atoms with van der Waals surface area (Å²) in [5.41, 5.74) is 1.73. The first-order valence-electron chi connectivity index (χ1n) is 10.1. The van der Waals surface area contributed by atoms with Crippen molar-refractivity contribution in [2.45, 2.75) is 0 Å². The van der Waals surface area contributed by atoms with Crippen LogP contribution in [0.4, 0.5) is 5.69 Å². The molecule has 1 N–H and O–H groups in total. The smallest absolute Gasteiger partial charge is 0.255 e. The Hall–Kier alpha value is -3.37. The summed E-state index contributed by atoms with van der Waals surface area (Å²) in [4.78, 5) is 29.3. The van der Waals surface area contributed by atoms with Crippen LogP contribution in [0.25, 0.3) is 5.69 Å². The lowest BCUT2D eigenvalue weighted by atomic mass is 10.1. The number of halogens is 2. The maximum absolute atomic E-state index is 12.7. The monoisotopic (exact) mass is 489 g/mol. The maximum atomic E-state index is 12.7. The summed E-state index contributed by atoms with van der Waals surface area (Å²) in [6.45, 7) is 2.39. The van der Waals surface area contributed by atoms with E-state index in [2.05, 4.69) is 25.7 Å². The van der Waals surface area contributed by atoms with Crippen LogP contribution in [-0.2, 0) is 4.79 Å². The fraction of sp³-hybridized carbons (Fsp3) is 0.286. The third-order valence-electron chi connectivity index (χ3n) is 5.33. The van der Waals surface area contributed by atoms with Gasteiger partial charge in [-0.05, 0) is 40.8 Å².